The predicted octanol–water partition coefficient (Wildman–Crippen LogP) is 3.12. The molecule has 19 heavy (non-hydrogen) atoms. The summed E-state index contributed by atoms with van der Waals surface area (Å²) >= 11 is 0. The van der Waals surface area contributed by atoms with Gasteiger partial charge >= 0.3 is 0 Å². The number of rotatable bonds is 1. The molecule has 0 bridgehead atoms. The zero-order valence-corrected chi connectivity index (χ0v) is 11.7. The van der Waals surface area contributed by atoms with Gasteiger partial charge in [-0.25, -0.2) is 0 Å². The minimum absolute atomic E-state index is 0.0210. The minimum atomic E-state index is -0.185. The van der Waals surface area contributed by atoms with E-state index in [1.807, 2.05) is 18.2 Å². The summed E-state index contributed by atoms with van der Waals surface area (Å²) in [5.74, 6) is 0. The van der Waals surface area contributed by atoms with Gasteiger partial charge < -0.3 is 14.9 Å². The van der Waals surface area contributed by atoms with E-state index in [-0.39, 0.29) is 22.9 Å². The summed E-state index contributed by atoms with van der Waals surface area (Å²) in [4.78, 5) is 4.16. The number of nitrogens with two attached hydrogens (primary N) is 1. The smallest absolute Gasteiger partial charge is 0.292 e. The average molecular weight is 257 g/mol. The van der Waals surface area contributed by atoms with Gasteiger partial charge in [-0.05, 0) is 36.9 Å². The van der Waals surface area contributed by atoms with Gasteiger partial charge in [0.1, 0.15) is 5.52 Å². The zero-order chi connectivity index (χ0) is 13.8. The number of benzene rings is 1. The summed E-state index contributed by atoms with van der Waals surface area (Å²) in [7, 11) is 2.25. The fourth-order valence-electron chi connectivity index (χ4n) is 2.39. The van der Waals surface area contributed by atoms with Crippen LogP contribution in [0.1, 0.15) is 39.3 Å². The van der Waals surface area contributed by atoms with Crippen molar-refractivity contribution in [1.29, 1.82) is 0 Å². The highest BCUT2D eigenvalue weighted by molar-refractivity contribution is 6.43. The summed E-state index contributed by atoms with van der Waals surface area (Å²) in [6.45, 7) is 8.63. The largest absolute Gasteiger partial charge is 0.424 e. The van der Waals surface area contributed by atoms with Gasteiger partial charge in [-0.1, -0.05) is 19.9 Å². The summed E-state index contributed by atoms with van der Waals surface area (Å²) < 4.78 is 11.4. The lowest BCUT2D eigenvalue weighted by Crippen LogP contribution is -2.31. The molecule has 0 spiro atoms. The first-order valence-electron chi connectivity index (χ1n) is 6.48. The molecular formula is C14H18BN2O2. The number of aromatic nitrogens is 1. The molecule has 1 radical (unpaired) electrons. The van der Waals surface area contributed by atoms with Gasteiger partial charge in [0, 0.05) is 0 Å². The van der Waals surface area contributed by atoms with E-state index in [4.69, 9.17) is 14.9 Å². The number of hydrogen-bond donors (Lipinski definition) is 1. The van der Waals surface area contributed by atoms with E-state index in [0.29, 0.717) is 5.58 Å². The van der Waals surface area contributed by atoms with Gasteiger partial charge in [0.15, 0.2) is 12.9 Å². The second-order valence-electron chi connectivity index (χ2n) is 6.22. The molecule has 0 aliphatic carbocycles. The second-order valence-corrected chi connectivity index (χ2v) is 6.22. The molecule has 1 unspecified atom stereocenters. The molecule has 0 saturated carbocycles. The van der Waals surface area contributed by atoms with Gasteiger partial charge in [-0.3, -0.25) is 0 Å². The SMILES string of the molecule is CC1(C)[B]C(c2ccc3oc(N)nc3c2)OC1(C)C. The molecule has 1 fully saturated rings. The lowest BCUT2D eigenvalue weighted by atomic mass is 9.47. The van der Waals surface area contributed by atoms with Crippen molar-refractivity contribution in [2.24, 2.45) is 0 Å². The molecule has 2 N–H and O–H groups in total. The second kappa shape index (κ2) is 3.76. The topological polar surface area (TPSA) is 61.3 Å². The quantitative estimate of drug-likeness (QED) is 0.797. The lowest BCUT2D eigenvalue weighted by molar-refractivity contribution is -0.0342. The molecule has 1 aromatic carbocycles. The molecule has 99 valence electrons. The number of fused-ring (bicyclic) bond motifs is 1. The third kappa shape index (κ3) is 1.92. The van der Waals surface area contributed by atoms with Crippen LogP contribution in [0.15, 0.2) is 22.6 Å². The van der Waals surface area contributed by atoms with E-state index >= 15 is 0 Å². The van der Waals surface area contributed by atoms with Gasteiger partial charge in [-0.2, -0.15) is 4.98 Å². The molecule has 1 saturated heterocycles. The van der Waals surface area contributed by atoms with Crippen molar-refractivity contribution in [3.63, 3.8) is 0 Å². The maximum absolute atomic E-state index is 6.16. The zero-order valence-electron chi connectivity index (χ0n) is 11.7. The van der Waals surface area contributed by atoms with Crippen LogP contribution in [0.4, 0.5) is 6.01 Å². The number of nitrogens with zero attached hydrogens (tertiary/aromatic N) is 1. The summed E-state index contributed by atoms with van der Waals surface area (Å²) in [5, 5.41) is 0.0233. The van der Waals surface area contributed by atoms with Crippen LogP contribution < -0.4 is 5.73 Å². The third-order valence-corrected chi connectivity index (χ3v) is 4.30. The van der Waals surface area contributed by atoms with Crippen LogP contribution in [0.25, 0.3) is 11.1 Å². The van der Waals surface area contributed by atoms with E-state index in [1.165, 1.54) is 0 Å². The van der Waals surface area contributed by atoms with Crippen molar-refractivity contribution in [3.8, 4) is 0 Å². The van der Waals surface area contributed by atoms with Crippen LogP contribution >= 0.6 is 0 Å². The molecule has 5 heteroatoms. The average Bonchev–Trinajstić information content (AvgIpc) is 2.74. The Labute approximate surface area is 113 Å². The molecule has 1 aromatic heterocycles. The van der Waals surface area contributed by atoms with Crippen molar-refractivity contribution in [1.82, 2.24) is 4.98 Å². The van der Waals surface area contributed by atoms with Crippen LogP contribution in [-0.4, -0.2) is 17.9 Å². The summed E-state index contributed by atoms with van der Waals surface area (Å²) in [6, 6.07) is 6.06. The first kappa shape index (κ1) is 12.5. The van der Waals surface area contributed by atoms with Crippen molar-refractivity contribution in [2.45, 2.75) is 44.6 Å². The molecule has 2 heterocycles. The first-order chi connectivity index (χ1) is 8.78. The normalized spacial score (nSPS) is 24.5. The Morgan fingerprint density at radius 2 is 2.00 bits per heavy atom. The van der Waals surface area contributed by atoms with Crippen molar-refractivity contribution in [3.05, 3.63) is 23.8 Å². The van der Waals surface area contributed by atoms with Crippen LogP contribution in [0.2, 0.25) is 5.31 Å². The highest BCUT2D eigenvalue weighted by Gasteiger charge is 2.48. The first-order valence-corrected chi connectivity index (χ1v) is 6.48. The highest BCUT2D eigenvalue weighted by Crippen LogP contribution is 2.51. The molecule has 1 aliphatic heterocycles. The highest BCUT2D eigenvalue weighted by atomic mass is 16.5. The van der Waals surface area contributed by atoms with E-state index in [1.54, 1.807) is 0 Å². The maximum Gasteiger partial charge on any atom is 0.292 e. The Bertz CT molecular complexity index is 617. The van der Waals surface area contributed by atoms with Crippen LogP contribution in [0.3, 0.4) is 0 Å². The van der Waals surface area contributed by atoms with Crippen molar-refractivity contribution in [2.75, 3.05) is 5.73 Å². The number of ether oxygens (including phenoxy) is 1. The molecule has 4 nitrogen and oxygen atoms in total. The Balaban J connectivity index is 1.97. The summed E-state index contributed by atoms with van der Waals surface area (Å²) in [6.07, 6.45) is 0. The molecule has 1 aliphatic rings. The van der Waals surface area contributed by atoms with Gasteiger partial charge in [0.25, 0.3) is 6.01 Å². The third-order valence-electron chi connectivity index (χ3n) is 4.30. The Kier molecular flexibility index (Phi) is 2.48. The van der Waals surface area contributed by atoms with E-state index in [2.05, 4.69) is 40.0 Å². The van der Waals surface area contributed by atoms with E-state index < -0.39 is 0 Å². The molecular weight excluding hydrogens is 239 g/mol. The fourth-order valence-corrected chi connectivity index (χ4v) is 2.39. The van der Waals surface area contributed by atoms with E-state index in [9.17, 15) is 0 Å². The monoisotopic (exact) mass is 257 g/mol. The molecule has 3 rings (SSSR count). The van der Waals surface area contributed by atoms with Crippen LogP contribution in [0, 0.1) is 0 Å². The number of hydrogen-bond acceptors (Lipinski definition) is 4. The van der Waals surface area contributed by atoms with Crippen molar-refractivity contribution >= 4 is 24.4 Å². The fraction of sp³-hybridized carbons (Fsp3) is 0.500. The summed E-state index contributed by atoms with van der Waals surface area (Å²) in [5.41, 5.74) is 7.94. The Morgan fingerprint density at radius 1 is 1.26 bits per heavy atom. The van der Waals surface area contributed by atoms with Gasteiger partial charge in [0.05, 0.1) is 11.6 Å². The number of nitrogen functional groups attached to an aromatic ring is 1. The maximum atomic E-state index is 6.16. The lowest BCUT2D eigenvalue weighted by Gasteiger charge is -2.33. The minimum Gasteiger partial charge on any atom is -0.424 e. The van der Waals surface area contributed by atoms with Crippen LogP contribution in [-0.2, 0) is 4.74 Å². The number of anilines is 1. The van der Waals surface area contributed by atoms with Gasteiger partial charge in [0.2, 0.25) is 0 Å². The number of oxazole rings is 1. The molecule has 0 amide bonds. The predicted molar refractivity (Wildman–Crippen MR) is 76.1 cm³/mol. The Hall–Kier alpha value is -1.49. The standard InChI is InChI=1S/C14H18BN2O2/c1-13(2)14(3,4)19-11(15-13)8-5-6-10-9(7-8)17-12(16)18-10/h5-7,11H,1-4H3,(H2,16,17). The van der Waals surface area contributed by atoms with E-state index in [0.717, 1.165) is 11.1 Å². The molecule has 1 atom stereocenters. The molecule has 2 aromatic rings. The van der Waals surface area contributed by atoms with Gasteiger partial charge in [-0.15, -0.1) is 0 Å². The van der Waals surface area contributed by atoms with Crippen molar-refractivity contribution < 1.29 is 9.15 Å². The van der Waals surface area contributed by atoms with Crippen LogP contribution in [0.5, 0.6) is 0 Å². The Morgan fingerprint density at radius 3 is 2.63 bits per heavy atom.